The first-order valence-corrected chi connectivity index (χ1v) is 10.9. The van der Waals surface area contributed by atoms with Crippen molar-refractivity contribution in [2.24, 2.45) is 0 Å². The molecule has 4 rings (SSSR count). The molecular weight excluding hydrogens is 422 g/mol. The second-order valence-corrected chi connectivity index (χ2v) is 8.02. The average Bonchev–Trinajstić information content (AvgIpc) is 3.22. The van der Waals surface area contributed by atoms with Gasteiger partial charge in [-0.3, -0.25) is 9.59 Å². The van der Waals surface area contributed by atoms with Crippen LogP contribution in [0.15, 0.2) is 12.1 Å². The van der Waals surface area contributed by atoms with E-state index in [2.05, 4.69) is 19.2 Å². The Balaban J connectivity index is 0.000000913. The summed E-state index contributed by atoms with van der Waals surface area (Å²) in [7, 11) is 0. The second-order valence-electron chi connectivity index (χ2n) is 8.02. The molecule has 5 unspecified atom stereocenters. The van der Waals surface area contributed by atoms with Crippen LogP contribution in [0.3, 0.4) is 0 Å². The van der Waals surface area contributed by atoms with Crippen molar-refractivity contribution in [1.82, 2.24) is 5.32 Å². The summed E-state index contributed by atoms with van der Waals surface area (Å²) in [5, 5.41) is 31.8. The lowest BCUT2D eigenvalue weighted by Gasteiger charge is -2.37. The minimum absolute atomic E-state index is 0.0424. The summed E-state index contributed by atoms with van der Waals surface area (Å²) in [6, 6.07) is 3.29. The Kier molecular flexibility index (Phi) is 8.44. The Bertz CT molecular complexity index is 815. The fourth-order valence-corrected chi connectivity index (χ4v) is 3.72. The summed E-state index contributed by atoms with van der Waals surface area (Å²) in [5.41, 5.74) is 1.04. The highest BCUT2D eigenvalue weighted by molar-refractivity contribution is 5.99. The minimum atomic E-state index is -1.23. The van der Waals surface area contributed by atoms with Crippen molar-refractivity contribution in [3.8, 4) is 11.5 Å². The molecule has 10 heteroatoms. The van der Waals surface area contributed by atoms with Crippen molar-refractivity contribution in [2.45, 2.75) is 76.8 Å². The van der Waals surface area contributed by atoms with E-state index in [1.54, 1.807) is 12.1 Å². The van der Waals surface area contributed by atoms with E-state index in [0.717, 1.165) is 0 Å². The lowest BCUT2D eigenvalue weighted by atomic mass is 9.98. The van der Waals surface area contributed by atoms with Gasteiger partial charge in [-0.2, -0.15) is 0 Å². The van der Waals surface area contributed by atoms with E-state index in [0.29, 0.717) is 22.6 Å². The maximum Gasteiger partial charge on any atom is 0.231 e. The maximum atomic E-state index is 12.9. The monoisotopic (exact) mass is 453 g/mol. The van der Waals surface area contributed by atoms with Crippen molar-refractivity contribution in [2.75, 3.05) is 13.4 Å². The van der Waals surface area contributed by atoms with Gasteiger partial charge in [0.25, 0.3) is 0 Å². The van der Waals surface area contributed by atoms with Crippen LogP contribution in [-0.2, 0) is 20.8 Å². The molecule has 4 N–H and O–H groups in total. The molecule has 1 saturated heterocycles. The molecule has 10 nitrogen and oxygen atoms in total. The Morgan fingerprint density at radius 1 is 1.12 bits per heavy atom. The summed E-state index contributed by atoms with van der Waals surface area (Å²) in [4.78, 5) is 25.2. The van der Waals surface area contributed by atoms with Crippen LogP contribution in [0.2, 0.25) is 0 Å². The third kappa shape index (κ3) is 5.76. The van der Waals surface area contributed by atoms with Gasteiger partial charge in [0.2, 0.25) is 12.7 Å². The number of ether oxygens (including phenoxy) is 4. The van der Waals surface area contributed by atoms with Crippen molar-refractivity contribution in [3.63, 3.8) is 0 Å². The molecular formula is C22H31NO9. The Hall–Kier alpha value is -2.24. The summed E-state index contributed by atoms with van der Waals surface area (Å²) in [6.45, 7) is 3.99. The fourth-order valence-electron chi connectivity index (χ4n) is 3.72. The highest BCUT2D eigenvalue weighted by atomic mass is 16.7. The number of benzene rings is 1. The molecule has 1 fully saturated rings. The Morgan fingerprint density at radius 3 is 2.50 bits per heavy atom. The number of hydrogen-bond acceptors (Lipinski definition) is 9. The number of carbonyl (C=O) groups excluding carboxylic acids is 2. The number of carbonyl (C=O) groups is 2. The number of rotatable bonds is 3. The first-order chi connectivity index (χ1) is 15.4. The van der Waals surface area contributed by atoms with Gasteiger partial charge in [-0.1, -0.05) is 20.3 Å². The highest BCUT2D eigenvalue weighted by Gasteiger charge is 2.38. The molecule has 3 aliphatic heterocycles. The topological polar surface area (TPSA) is 144 Å². The lowest BCUT2D eigenvalue weighted by Crippen LogP contribution is -2.51. The van der Waals surface area contributed by atoms with E-state index in [4.69, 9.17) is 18.9 Å². The van der Waals surface area contributed by atoms with Gasteiger partial charge in [0.15, 0.2) is 23.6 Å². The molecule has 0 aromatic heterocycles. The first-order valence-electron chi connectivity index (χ1n) is 10.9. The predicted molar refractivity (Wildman–Crippen MR) is 111 cm³/mol. The normalized spacial score (nSPS) is 29.6. The number of aliphatic hydroxyl groups excluding tert-OH is 3. The standard InChI is InChI=1S/C19H23NO9.C3H8/c21-7-16-19(25)13(23)5-18(29-16)28-10-2-12(22)11-4-15-14(26-8-27-15)1-9(11)6-20-17(24)3-10;1-3-2/h1,4,10,13,16,18-19,21,23,25H,2-3,5-8H2,(H,20,24);3H2,1-2H3. The van der Waals surface area contributed by atoms with E-state index in [9.17, 15) is 24.9 Å². The third-order valence-corrected chi connectivity index (χ3v) is 5.26. The van der Waals surface area contributed by atoms with Gasteiger partial charge in [-0.25, -0.2) is 0 Å². The van der Waals surface area contributed by atoms with Crippen LogP contribution in [0.5, 0.6) is 11.5 Å². The van der Waals surface area contributed by atoms with Gasteiger partial charge in [-0.05, 0) is 17.7 Å². The Labute approximate surface area is 186 Å². The molecule has 0 spiro atoms. The molecule has 0 radical (unpaired) electrons. The third-order valence-electron chi connectivity index (χ3n) is 5.26. The van der Waals surface area contributed by atoms with Crippen LogP contribution in [0.25, 0.3) is 0 Å². The zero-order valence-corrected chi connectivity index (χ0v) is 18.3. The van der Waals surface area contributed by atoms with Gasteiger partial charge in [0, 0.05) is 24.9 Å². The largest absolute Gasteiger partial charge is 0.454 e. The number of nitrogens with one attached hydrogen (secondary N) is 1. The summed E-state index contributed by atoms with van der Waals surface area (Å²) < 4.78 is 21.9. The van der Waals surface area contributed by atoms with Gasteiger partial charge in [0.05, 0.1) is 25.2 Å². The first kappa shape index (κ1) is 24.4. The highest BCUT2D eigenvalue weighted by Crippen LogP contribution is 2.36. The van der Waals surface area contributed by atoms with E-state index >= 15 is 0 Å². The van der Waals surface area contributed by atoms with E-state index in [1.165, 1.54) is 6.42 Å². The molecule has 0 aliphatic carbocycles. The molecule has 0 saturated carbocycles. The van der Waals surface area contributed by atoms with Gasteiger partial charge in [0.1, 0.15) is 12.2 Å². The second kappa shape index (κ2) is 11.1. The van der Waals surface area contributed by atoms with Crippen LogP contribution in [0.4, 0.5) is 0 Å². The zero-order chi connectivity index (χ0) is 23.3. The molecule has 1 amide bonds. The number of fused-ring (bicyclic) bond motifs is 2. The molecule has 3 heterocycles. The molecule has 5 atom stereocenters. The number of aliphatic hydroxyl groups is 3. The van der Waals surface area contributed by atoms with Gasteiger partial charge < -0.3 is 39.6 Å². The summed E-state index contributed by atoms with van der Waals surface area (Å²) >= 11 is 0. The van der Waals surface area contributed by atoms with Crippen molar-refractivity contribution >= 4 is 11.7 Å². The smallest absolute Gasteiger partial charge is 0.231 e. The number of hydrogen-bond donors (Lipinski definition) is 4. The van der Waals surface area contributed by atoms with Crippen molar-refractivity contribution in [1.29, 1.82) is 0 Å². The van der Waals surface area contributed by atoms with Crippen LogP contribution >= 0.6 is 0 Å². The zero-order valence-electron chi connectivity index (χ0n) is 18.3. The minimum Gasteiger partial charge on any atom is -0.454 e. The molecule has 1 aromatic rings. The van der Waals surface area contributed by atoms with E-state index < -0.39 is 37.3 Å². The van der Waals surface area contributed by atoms with Crippen LogP contribution in [0.1, 0.15) is 55.5 Å². The van der Waals surface area contributed by atoms with E-state index in [-0.39, 0.29) is 44.3 Å². The van der Waals surface area contributed by atoms with Crippen LogP contribution < -0.4 is 14.8 Å². The van der Waals surface area contributed by atoms with Crippen molar-refractivity contribution < 1.29 is 43.9 Å². The van der Waals surface area contributed by atoms with Gasteiger partial charge in [-0.15, -0.1) is 0 Å². The van der Waals surface area contributed by atoms with E-state index in [1.807, 2.05) is 0 Å². The fraction of sp³-hybridized carbons (Fsp3) is 0.636. The lowest BCUT2D eigenvalue weighted by molar-refractivity contribution is -0.268. The van der Waals surface area contributed by atoms with Gasteiger partial charge >= 0.3 is 0 Å². The molecule has 0 bridgehead atoms. The summed E-state index contributed by atoms with van der Waals surface area (Å²) in [5.74, 6) is 0.466. The quantitative estimate of drug-likeness (QED) is 0.518. The maximum absolute atomic E-state index is 12.9. The number of Topliss-reactive ketones (excluding diaryl/α,β-unsaturated/α-hetero) is 1. The van der Waals surface area contributed by atoms with Crippen LogP contribution in [-0.4, -0.2) is 71.1 Å². The number of ketones is 1. The predicted octanol–water partition coefficient (Wildman–Crippen LogP) is 0.639. The molecule has 32 heavy (non-hydrogen) atoms. The van der Waals surface area contributed by atoms with Crippen molar-refractivity contribution in [3.05, 3.63) is 23.3 Å². The SMILES string of the molecule is CCC.O=C1CC(OC2CC(O)C(O)C(CO)O2)CC(=O)c2cc3c(cc2CN1)OCO3. The summed E-state index contributed by atoms with van der Waals surface area (Å²) in [6.07, 6.45) is -4.10. The molecule has 178 valence electrons. The van der Waals surface area contributed by atoms with Crippen LogP contribution in [0, 0.1) is 0 Å². The average molecular weight is 453 g/mol. The molecule has 1 aromatic carbocycles. The Morgan fingerprint density at radius 2 is 1.81 bits per heavy atom. The number of amides is 1. The molecule has 3 aliphatic rings.